The monoisotopic (exact) mass is 940 g/mol. The normalized spacial score (nSPS) is 15.8. The van der Waals surface area contributed by atoms with E-state index in [4.69, 9.17) is 10.7 Å². The van der Waals surface area contributed by atoms with E-state index in [1.165, 1.54) is 36.2 Å². The first kappa shape index (κ1) is 48.8. The van der Waals surface area contributed by atoms with Crippen molar-refractivity contribution in [2.24, 2.45) is 17.6 Å². The lowest BCUT2D eigenvalue weighted by atomic mass is 9.76. The Balaban J connectivity index is 1.20. The fourth-order valence-corrected chi connectivity index (χ4v) is 8.94. The highest BCUT2D eigenvalue weighted by Gasteiger charge is 2.48. The number of amides is 4. The minimum atomic E-state index is -4.58. The van der Waals surface area contributed by atoms with Crippen LogP contribution in [-0.2, 0) is 39.9 Å². The molecule has 0 spiro atoms. The molecule has 0 saturated carbocycles. The molecule has 0 bridgehead atoms. The summed E-state index contributed by atoms with van der Waals surface area (Å²) in [6.45, 7) is 7.55. The van der Waals surface area contributed by atoms with Crippen molar-refractivity contribution in [3.8, 4) is 5.75 Å². The standard InChI is InChI=1S/C48H55F3N10O7/c1-5-36-40(57-22-24-59(25-23-57)43(65)39-37(62)12-9-19-53-39)44(66)61-46(60(36)28-38(63)54-35-14-13-33(27-30(35)4)48(49,50)51)55-41(56-61)32-16-20-58(21-17-32)42(64)34(26-29(2)3)47(68,45(52)67)18-15-31-10-7-6-8-11-31/h6-14,16,19,27,29,34,62,68H,5,15,17-18,20-26,28H2,1-4H3,(H2,52,67)(H,54,63)/t34-,47?/m1/s1. The number of aliphatic hydroxyl groups is 1. The number of benzene rings is 2. The Morgan fingerprint density at radius 3 is 2.28 bits per heavy atom. The van der Waals surface area contributed by atoms with Gasteiger partial charge in [-0.3, -0.25) is 24.0 Å². The molecule has 5 N–H and O–H groups in total. The van der Waals surface area contributed by atoms with Gasteiger partial charge in [0.25, 0.3) is 11.5 Å². The van der Waals surface area contributed by atoms with Crippen LogP contribution < -0.4 is 21.5 Å². The minimum absolute atomic E-state index is 0.0191. The number of anilines is 2. The third-order valence-electron chi connectivity index (χ3n) is 12.6. The summed E-state index contributed by atoms with van der Waals surface area (Å²) in [6, 6.07) is 15.2. The van der Waals surface area contributed by atoms with Crippen LogP contribution in [0.25, 0.3) is 11.4 Å². The van der Waals surface area contributed by atoms with Crippen LogP contribution in [0.3, 0.4) is 0 Å². The third-order valence-corrected chi connectivity index (χ3v) is 12.6. The number of aryl methyl sites for hydroxylation is 2. The number of alkyl halides is 3. The minimum Gasteiger partial charge on any atom is -0.505 e. The van der Waals surface area contributed by atoms with Gasteiger partial charge in [-0.25, -0.2) is 4.98 Å². The molecule has 2 aliphatic heterocycles. The lowest BCUT2D eigenvalue weighted by molar-refractivity contribution is -0.158. The van der Waals surface area contributed by atoms with Crippen molar-refractivity contribution in [1.29, 1.82) is 0 Å². The highest BCUT2D eigenvalue weighted by Crippen LogP contribution is 2.34. The van der Waals surface area contributed by atoms with Crippen molar-refractivity contribution in [3.05, 3.63) is 117 Å². The molecule has 17 nitrogen and oxygen atoms in total. The first-order valence-electron chi connectivity index (χ1n) is 22.5. The van der Waals surface area contributed by atoms with Crippen molar-refractivity contribution in [2.45, 2.75) is 78.1 Å². The molecule has 1 saturated heterocycles. The van der Waals surface area contributed by atoms with Gasteiger partial charge in [0.1, 0.15) is 18.0 Å². The summed E-state index contributed by atoms with van der Waals surface area (Å²) in [7, 11) is 0. The molecule has 0 radical (unpaired) electrons. The van der Waals surface area contributed by atoms with Crippen LogP contribution in [0, 0.1) is 18.8 Å². The van der Waals surface area contributed by atoms with E-state index in [0.29, 0.717) is 17.7 Å². The number of carbonyl (C=O) groups is 4. The van der Waals surface area contributed by atoms with Crippen LogP contribution in [-0.4, -0.2) is 113 Å². The summed E-state index contributed by atoms with van der Waals surface area (Å²) < 4.78 is 43.0. The molecule has 3 aromatic heterocycles. The first-order chi connectivity index (χ1) is 32.3. The SMILES string of the molecule is CCc1c(N2CCN(C(=O)c3ncccc3O)CC2)c(=O)n2nc(C3=CCN(C(=O)[C@@H](CC(C)C)C(O)(CCc4ccccc4)C(N)=O)CC3)nc2n1CC(=O)Nc1ccc(C(F)(F)F)cc1C. The molecule has 4 amide bonds. The van der Waals surface area contributed by atoms with Crippen LogP contribution in [0.15, 0.2) is 77.7 Å². The van der Waals surface area contributed by atoms with Crippen LogP contribution in [0.2, 0.25) is 0 Å². The van der Waals surface area contributed by atoms with Crippen molar-refractivity contribution in [3.63, 3.8) is 0 Å². The van der Waals surface area contributed by atoms with Gasteiger partial charge in [0.05, 0.1) is 17.2 Å². The predicted molar refractivity (Wildman–Crippen MR) is 246 cm³/mol. The smallest absolute Gasteiger partial charge is 0.416 e. The summed E-state index contributed by atoms with van der Waals surface area (Å²) in [5, 5.41) is 29.5. The summed E-state index contributed by atoms with van der Waals surface area (Å²) >= 11 is 0. The van der Waals surface area contributed by atoms with E-state index in [1.54, 1.807) is 27.4 Å². The Labute approximate surface area is 390 Å². The molecule has 2 aliphatic rings. The van der Waals surface area contributed by atoms with Crippen molar-refractivity contribution >= 4 is 46.4 Å². The first-order valence-corrected chi connectivity index (χ1v) is 22.5. The maximum absolute atomic E-state index is 14.6. The van der Waals surface area contributed by atoms with Gasteiger partial charge in [-0.05, 0) is 92.0 Å². The number of halogens is 3. The number of fused-ring (bicyclic) bond motifs is 1. The number of hydrogen-bond donors (Lipinski definition) is 4. The average Bonchev–Trinajstić information content (AvgIpc) is 3.77. The van der Waals surface area contributed by atoms with E-state index in [9.17, 15) is 47.4 Å². The number of aromatic nitrogens is 5. The zero-order valence-corrected chi connectivity index (χ0v) is 38.3. The number of primary amides is 1. The van der Waals surface area contributed by atoms with Gasteiger partial charge in [0.15, 0.2) is 17.1 Å². The highest BCUT2D eigenvalue weighted by molar-refractivity contribution is 5.95. The number of nitrogens with two attached hydrogens (primary N) is 1. The Hall–Kier alpha value is -7.09. The average molecular weight is 941 g/mol. The molecule has 1 unspecified atom stereocenters. The number of nitrogens with zero attached hydrogens (tertiary/aromatic N) is 8. The second-order valence-electron chi connectivity index (χ2n) is 17.6. The third kappa shape index (κ3) is 10.2. The fraction of sp³-hybridized carbons (Fsp3) is 0.417. The second-order valence-corrected chi connectivity index (χ2v) is 17.6. The zero-order valence-electron chi connectivity index (χ0n) is 38.3. The van der Waals surface area contributed by atoms with Gasteiger partial charge in [-0.15, -0.1) is 5.10 Å². The molecular formula is C48H55F3N10O7. The molecule has 360 valence electrons. The second kappa shape index (κ2) is 20.0. The van der Waals surface area contributed by atoms with Crippen LogP contribution in [0.5, 0.6) is 5.75 Å². The van der Waals surface area contributed by atoms with Crippen LogP contribution in [0.1, 0.15) is 78.7 Å². The molecular weight excluding hydrogens is 886 g/mol. The van der Waals surface area contributed by atoms with E-state index >= 15 is 0 Å². The number of pyridine rings is 1. The van der Waals surface area contributed by atoms with E-state index < -0.39 is 59.0 Å². The number of hydrogen-bond acceptors (Lipinski definition) is 11. The van der Waals surface area contributed by atoms with E-state index in [-0.39, 0.29) is 111 Å². The van der Waals surface area contributed by atoms with Crippen molar-refractivity contribution in [1.82, 2.24) is 33.9 Å². The molecule has 0 aliphatic carbocycles. The molecule has 1 fully saturated rings. The van der Waals surface area contributed by atoms with Crippen LogP contribution in [0.4, 0.5) is 24.5 Å². The summed E-state index contributed by atoms with van der Waals surface area (Å²) in [4.78, 5) is 82.8. The Morgan fingerprint density at radius 1 is 0.956 bits per heavy atom. The molecule has 68 heavy (non-hydrogen) atoms. The number of rotatable bonds is 15. The van der Waals surface area contributed by atoms with Crippen LogP contribution >= 0.6 is 0 Å². The number of aromatic hydroxyl groups is 1. The lowest BCUT2D eigenvalue weighted by Crippen LogP contribution is -2.56. The quantitative estimate of drug-likeness (QED) is 0.114. The van der Waals surface area contributed by atoms with Crippen molar-refractivity contribution < 1.29 is 42.6 Å². The largest absolute Gasteiger partial charge is 0.505 e. The maximum Gasteiger partial charge on any atom is 0.416 e. The maximum atomic E-state index is 14.6. The highest BCUT2D eigenvalue weighted by atomic mass is 19.4. The predicted octanol–water partition coefficient (Wildman–Crippen LogP) is 4.61. The Bertz CT molecular complexity index is 2800. The number of nitrogens with one attached hydrogen (secondary N) is 1. The van der Waals surface area contributed by atoms with E-state index in [1.807, 2.05) is 44.2 Å². The molecule has 2 atom stereocenters. The van der Waals surface area contributed by atoms with Gasteiger partial charge in [0.2, 0.25) is 23.5 Å². The summed E-state index contributed by atoms with van der Waals surface area (Å²) in [5.41, 5.74) is 4.65. The molecule has 5 aromatic rings. The van der Waals surface area contributed by atoms with E-state index in [0.717, 1.165) is 22.2 Å². The Kier molecular flexibility index (Phi) is 14.4. The number of carbonyl (C=O) groups excluding carboxylic acids is 4. The number of piperazine rings is 1. The fourth-order valence-electron chi connectivity index (χ4n) is 8.94. The van der Waals surface area contributed by atoms with Crippen molar-refractivity contribution in [2.75, 3.05) is 49.5 Å². The topological polar surface area (TPSA) is 222 Å². The summed E-state index contributed by atoms with van der Waals surface area (Å²) in [6.07, 6.45) is -0.514. The molecule has 20 heteroatoms. The van der Waals surface area contributed by atoms with Gasteiger partial charge in [-0.2, -0.15) is 22.7 Å². The van der Waals surface area contributed by atoms with Gasteiger partial charge < -0.3 is 40.5 Å². The van der Waals surface area contributed by atoms with Gasteiger partial charge >= 0.3 is 6.18 Å². The molecule has 2 aromatic carbocycles. The van der Waals surface area contributed by atoms with E-state index in [2.05, 4.69) is 15.4 Å². The van der Waals surface area contributed by atoms with Gasteiger partial charge in [-0.1, -0.05) is 57.2 Å². The van der Waals surface area contributed by atoms with Gasteiger partial charge in [0, 0.05) is 51.2 Å². The summed E-state index contributed by atoms with van der Waals surface area (Å²) in [5.74, 6) is -3.79. The molecule has 7 rings (SSSR count). The lowest BCUT2D eigenvalue weighted by Gasteiger charge is -2.38. The zero-order chi connectivity index (χ0) is 49.1. The molecule has 5 heterocycles. The Morgan fingerprint density at radius 2 is 1.68 bits per heavy atom.